The van der Waals surface area contributed by atoms with E-state index in [1.54, 1.807) is 16.2 Å². The van der Waals surface area contributed by atoms with Crippen molar-refractivity contribution in [3.05, 3.63) is 57.8 Å². The highest BCUT2D eigenvalue weighted by Crippen LogP contribution is 2.26. The number of hydrogen-bond donors (Lipinski definition) is 1. The molecule has 2 heterocycles. The Morgan fingerprint density at radius 2 is 1.93 bits per heavy atom. The molecule has 0 radical (unpaired) electrons. The largest absolute Gasteiger partial charge is 0.378 e. The Bertz CT molecular complexity index is 772. The maximum Gasteiger partial charge on any atom is 0.232 e. The van der Waals surface area contributed by atoms with Crippen LogP contribution in [-0.2, 0) is 20.7 Å². The average molecular weight is 433 g/mol. The zero-order valence-electron chi connectivity index (χ0n) is 16.8. The van der Waals surface area contributed by atoms with E-state index in [1.807, 2.05) is 17.5 Å². The van der Waals surface area contributed by atoms with E-state index in [0.717, 1.165) is 23.3 Å². The number of morpholine rings is 1. The third-order valence-corrected chi connectivity index (χ3v) is 6.66. The summed E-state index contributed by atoms with van der Waals surface area (Å²) in [5.41, 5.74) is 2.39. The molecule has 0 bridgehead atoms. The van der Waals surface area contributed by atoms with Crippen molar-refractivity contribution < 1.29 is 14.3 Å². The highest BCUT2D eigenvalue weighted by atomic mass is 32.2. The maximum atomic E-state index is 12.6. The summed E-state index contributed by atoms with van der Waals surface area (Å²) in [6.07, 6.45) is 2.18. The van der Waals surface area contributed by atoms with Crippen molar-refractivity contribution in [2.24, 2.45) is 0 Å². The quantitative estimate of drug-likeness (QED) is 0.659. The van der Waals surface area contributed by atoms with Crippen molar-refractivity contribution in [2.75, 3.05) is 37.8 Å². The lowest BCUT2D eigenvalue weighted by Crippen LogP contribution is -2.41. The lowest BCUT2D eigenvalue weighted by Gasteiger charge is -2.26. The second-order valence-electron chi connectivity index (χ2n) is 6.99. The molecule has 156 valence electrons. The summed E-state index contributed by atoms with van der Waals surface area (Å²) in [4.78, 5) is 27.7. The van der Waals surface area contributed by atoms with Gasteiger partial charge in [0, 0.05) is 18.0 Å². The number of hydrogen-bond acceptors (Lipinski definition) is 5. The number of rotatable bonds is 9. The maximum absolute atomic E-state index is 12.6. The van der Waals surface area contributed by atoms with Gasteiger partial charge in [-0.15, -0.1) is 23.1 Å². The molecule has 0 aliphatic carbocycles. The standard InChI is InChI=1S/C22H28N2O3S2/c1-2-4-17-6-8-18(9-7-17)22(19-5-3-14-29-19)23-20(25)15-28-16-21(26)24-10-12-27-13-11-24/h3,5-9,14,22H,2,4,10-13,15-16H2,1H3,(H,23,25). The summed E-state index contributed by atoms with van der Waals surface area (Å²) in [5, 5.41) is 5.17. The Hall–Kier alpha value is -1.83. The lowest BCUT2D eigenvalue weighted by atomic mass is 10.0. The highest BCUT2D eigenvalue weighted by Gasteiger charge is 2.20. The normalized spacial score (nSPS) is 15.1. The van der Waals surface area contributed by atoms with Crippen LogP contribution in [0.4, 0.5) is 0 Å². The van der Waals surface area contributed by atoms with Crippen molar-refractivity contribution in [1.29, 1.82) is 0 Å². The lowest BCUT2D eigenvalue weighted by molar-refractivity contribution is -0.132. The van der Waals surface area contributed by atoms with Crippen LogP contribution in [0, 0.1) is 0 Å². The molecule has 2 amide bonds. The minimum Gasteiger partial charge on any atom is -0.378 e. The molecule has 1 unspecified atom stereocenters. The summed E-state index contributed by atoms with van der Waals surface area (Å²) in [5.74, 6) is 0.613. The van der Waals surface area contributed by atoms with Crippen molar-refractivity contribution in [1.82, 2.24) is 10.2 Å². The van der Waals surface area contributed by atoms with Gasteiger partial charge in [0.25, 0.3) is 0 Å². The number of ether oxygens (including phenoxy) is 1. The molecular weight excluding hydrogens is 404 g/mol. The van der Waals surface area contributed by atoms with Gasteiger partial charge in [-0.1, -0.05) is 43.7 Å². The fraction of sp³-hybridized carbons (Fsp3) is 0.455. The third kappa shape index (κ3) is 6.59. The van der Waals surface area contributed by atoms with Crippen molar-refractivity contribution in [2.45, 2.75) is 25.8 Å². The third-order valence-electron chi connectivity index (χ3n) is 4.81. The van der Waals surface area contributed by atoms with Crippen LogP contribution in [0.1, 0.15) is 35.4 Å². The second kappa shape index (κ2) is 11.4. The topological polar surface area (TPSA) is 58.6 Å². The number of thioether (sulfide) groups is 1. The molecule has 0 spiro atoms. The Balaban J connectivity index is 1.55. The second-order valence-corrected chi connectivity index (χ2v) is 8.96. The molecule has 1 atom stereocenters. The molecule has 1 aliphatic heterocycles. The number of aryl methyl sites for hydroxylation is 1. The predicted molar refractivity (Wildman–Crippen MR) is 119 cm³/mol. The molecule has 2 aromatic rings. The molecule has 1 aromatic carbocycles. The molecule has 7 heteroatoms. The summed E-state index contributed by atoms with van der Waals surface area (Å²) < 4.78 is 5.27. The summed E-state index contributed by atoms with van der Waals surface area (Å²) in [7, 11) is 0. The van der Waals surface area contributed by atoms with Crippen molar-refractivity contribution in [3.8, 4) is 0 Å². The van der Waals surface area contributed by atoms with Crippen LogP contribution in [0.3, 0.4) is 0 Å². The Morgan fingerprint density at radius 1 is 1.17 bits per heavy atom. The number of carbonyl (C=O) groups is 2. The monoisotopic (exact) mass is 432 g/mol. The molecule has 1 fully saturated rings. The van der Waals surface area contributed by atoms with Gasteiger partial charge in [0.2, 0.25) is 11.8 Å². The number of carbonyl (C=O) groups excluding carboxylic acids is 2. The highest BCUT2D eigenvalue weighted by molar-refractivity contribution is 8.00. The van der Waals surface area contributed by atoms with Gasteiger partial charge in [0.15, 0.2) is 0 Å². The first-order chi connectivity index (χ1) is 14.2. The first kappa shape index (κ1) is 21.9. The zero-order valence-corrected chi connectivity index (χ0v) is 18.4. The van der Waals surface area contributed by atoms with E-state index in [4.69, 9.17) is 4.74 Å². The van der Waals surface area contributed by atoms with E-state index in [1.165, 1.54) is 17.3 Å². The minimum absolute atomic E-state index is 0.0548. The van der Waals surface area contributed by atoms with Crippen LogP contribution < -0.4 is 5.32 Å². The molecule has 29 heavy (non-hydrogen) atoms. The van der Waals surface area contributed by atoms with Crippen LogP contribution >= 0.6 is 23.1 Å². The van der Waals surface area contributed by atoms with Gasteiger partial charge >= 0.3 is 0 Å². The average Bonchev–Trinajstić information content (AvgIpc) is 3.28. The van der Waals surface area contributed by atoms with Crippen LogP contribution in [0.5, 0.6) is 0 Å². The van der Waals surface area contributed by atoms with E-state index in [2.05, 4.69) is 36.5 Å². The van der Waals surface area contributed by atoms with Gasteiger partial charge in [-0.25, -0.2) is 0 Å². The van der Waals surface area contributed by atoms with Gasteiger partial charge in [-0.05, 0) is 29.0 Å². The van der Waals surface area contributed by atoms with Gasteiger partial charge in [0.1, 0.15) is 0 Å². The van der Waals surface area contributed by atoms with Gasteiger partial charge in [-0.3, -0.25) is 9.59 Å². The molecule has 3 rings (SSSR count). The van der Waals surface area contributed by atoms with Crippen LogP contribution in [0.2, 0.25) is 0 Å². The summed E-state index contributed by atoms with van der Waals surface area (Å²) >= 11 is 3.00. The van der Waals surface area contributed by atoms with Crippen molar-refractivity contribution in [3.63, 3.8) is 0 Å². The number of nitrogens with zero attached hydrogens (tertiary/aromatic N) is 1. The van der Waals surface area contributed by atoms with Crippen molar-refractivity contribution >= 4 is 34.9 Å². The molecule has 1 N–H and O–H groups in total. The number of nitrogens with one attached hydrogen (secondary N) is 1. The number of benzene rings is 1. The Morgan fingerprint density at radius 3 is 2.59 bits per heavy atom. The molecule has 5 nitrogen and oxygen atoms in total. The van der Waals surface area contributed by atoms with E-state index in [0.29, 0.717) is 32.1 Å². The molecule has 1 aromatic heterocycles. The first-order valence-corrected chi connectivity index (χ1v) is 12.1. The number of thiophene rings is 1. The fourth-order valence-corrected chi connectivity index (χ4v) is 4.81. The summed E-state index contributed by atoms with van der Waals surface area (Å²) in [6.45, 7) is 4.64. The summed E-state index contributed by atoms with van der Waals surface area (Å²) in [6, 6.07) is 12.4. The zero-order chi connectivity index (χ0) is 20.5. The van der Waals surface area contributed by atoms with E-state index >= 15 is 0 Å². The predicted octanol–water partition coefficient (Wildman–Crippen LogP) is 3.50. The molecule has 0 saturated carbocycles. The molecule has 1 saturated heterocycles. The van der Waals surface area contributed by atoms with E-state index in [9.17, 15) is 9.59 Å². The SMILES string of the molecule is CCCc1ccc(C(NC(=O)CSCC(=O)N2CCOCC2)c2cccs2)cc1. The van der Waals surface area contributed by atoms with Gasteiger partial charge in [-0.2, -0.15) is 0 Å². The van der Waals surface area contributed by atoms with Crippen LogP contribution in [-0.4, -0.2) is 54.5 Å². The molecular formula is C22H28N2O3S2. The fourth-order valence-electron chi connectivity index (χ4n) is 3.28. The smallest absolute Gasteiger partial charge is 0.232 e. The van der Waals surface area contributed by atoms with E-state index in [-0.39, 0.29) is 23.6 Å². The van der Waals surface area contributed by atoms with Crippen LogP contribution in [0.25, 0.3) is 0 Å². The Kier molecular flexibility index (Phi) is 8.58. The Labute approximate surface area is 180 Å². The van der Waals surface area contributed by atoms with Gasteiger partial charge in [0.05, 0.1) is 30.8 Å². The minimum atomic E-state index is -0.159. The number of amides is 2. The van der Waals surface area contributed by atoms with Gasteiger partial charge < -0.3 is 15.0 Å². The molecule has 1 aliphatic rings. The van der Waals surface area contributed by atoms with E-state index < -0.39 is 0 Å². The first-order valence-electron chi connectivity index (χ1n) is 10.0. The van der Waals surface area contributed by atoms with Crippen LogP contribution in [0.15, 0.2) is 41.8 Å².